The van der Waals surface area contributed by atoms with Gasteiger partial charge in [0.25, 0.3) is 0 Å². The second kappa shape index (κ2) is 8.76. The summed E-state index contributed by atoms with van der Waals surface area (Å²) in [6.07, 6.45) is 0.871. The molecule has 0 spiro atoms. The molecule has 2 amide bonds. The van der Waals surface area contributed by atoms with E-state index in [2.05, 4.69) is 15.5 Å². The van der Waals surface area contributed by atoms with Crippen LogP contribution in [0.2, 0.25) is 0 Å². The molecule has 7 nitrogen and oxygen atoms in total. The number of ether oxygens (including phenoxy) is 1. The zero-order chi connectivity index (χ0) is 15.0. The van der Waals surface area contributed by atoms with Gasteiger partial charge >= 0.3 is 12.0 Å². The third kappa shape index (κ3) is 6.21. The van der Waals surface area contributed by atoms with Crippen LogP contribution in [0, 0.1) is 5.92 Å². The van der Waals surface area contributed by atoms with E-state index >= 15 is 0 Å². The van der Waals surface area contributed by atoms with Crippen molar-refractivity contribution in [1.29, 1.82) is 0 Å². The number of aliphatic carboxylic acids is 1. The average molecular weight is 287 g/mol. The van der Waals surface area contributed by atoms with Crippen LogP contribution in [0.1, 0.15) is 20.3 Å². The number of hydrogen-bond acceptors (Lipinski definition) is 4. The smallest absolute Gasteiger partial charge is 0.315 e. The molecule has 2 atom stereocenters. The monoisotopic (exact) mass is 287 g/mol. The van der Waals surface area contributed by atoms with Crippen molar-refractivity contribution >= 4 is 12.0 Å². The first-order valence-electron chi connectivity index (χ1n) is 7.08. The normalized spacial score (nSPS) is 19.1. The Labute approximate surface area is 119 Å². The molecule has 0 aliphatic carbocycles. The van der Waals surface area contributed by atoms with Gasteiger partial charge in [0.1, 0.15) is 0 Å². The van der Waals surface area contributed by atoms with Gasteiger partial charge < -0.3 is 20.5 Å². The van der Waals surface area contributed by atoms with Crippen molar-refractivity contribution in [1.82, 2.24) is 15.5 Å². The number of nitrogens with one attached hydrogen (secondary N) is 2. The van der Waals surface area contributed by atoms with Crippen molar-refractivity contribution in [2.75, 3.05) is 39.4 Å². The van der Waals surface area contributed by atoms with Gasteiger partial charge in [-0.1, -0.05) is 0 Å². The third-order valence-electron chi connectivity index (χ3n) is 3.54. The van der Waals surface area contributed by atoms with Crippen molar-refractivity contribution in [3.8, 4) is 0 Å². The highest BCUT2D eigenvalue weighted by molar-refractivity contribution is 5.76. The fourth-order valence-corrected chi connectivity index (χ4v) is 1.93. The van der Waals surface area contributed by atoms with Gasteiger partial charge in [-0.2, -0.15) is 0 Å². The molecule has 0 bridgehead atoms. The van der Waals surface area contributed by atoms with Gasteiger partial charge in [0.2, 0.25) is 0 Å². The molecule has 3 N–H and O–H groups in total. The van der Waals surface area contributed by atoms with Gasteiger partial charge in [0.15, 0.2) is 0 Å². The van der Waals surface area contributed by atoms with Crippen LogP contribution in [0.5, 0.6) is 0 Å². The predicted molar refractivity (Wildman–Crippen MR) is 74.7 cm³/mol. The lowest BCUT2D eigenvalue weighted by Crippen LogP contribution is -2.46. The lowest BCUT2D eigenvalue weighted by molar-refractivity contribution is -0.141. The Kier molecular flexibility index (Phi) is 7.32. The SMILES string of the molecule is CC(NC(=O)NCCCN1CCOCC1)C(C)C(=O)O. The minimum atomic E-state index is -0.912. The lowest BCUT2D eigenvalue weighted by Gasteiger charge is -2.26. The molecule has 0 radical (unpaired) electrons. The van der Waals surface area contributed by atoms with Crippen molar-refractivity contribution < 1.29 is 19.4 Å². The van der Waals surface area contributed by atoms with E-state index in [9.17, 15) is 9.59 Å². The maximum absolute atomic E-state index is 11.6. The Balaban J connectivity index is 2.09. The van der Waals surface area contributed by atoms with Gasteiger partial charge in [0.05, 0.1) is 19.1 Å². The average Bonchev–Trinajstić information content (AvgIpc) is 2.43. The summed E-state index contributed by atoms with van der Waals surface area (Å²) in [5.74, 6) is -1.51. The van der Waals surface area contributed by atoms with E-state index in [1.807, 2.05) is 0 Å². The van der Waals surface area contributed by atoms with Crippen LogP contribution >= 0.6 is 0 Å². The van der Waals surface area contributed by atoms with Gasteiger partial charge in [-0.05, 0) is 26.8 Å². The van der Waals surface area contributed by atoms with E-state index < -0.39 is 17.9 Å². The number of carbonyl (C=O) groups excluding carboxylic acids is 1. The number of carboxylic acids is 1. The maximum atomic E-state index is 11.6. The predicted octanol–water partition coefficient (Wildman–Crippen LogP) is 0.117. The van der Waals surface area contributed by atoms with Crippen LogP contribution in [0.25, 0.3) is 0 Å². The summed E-state index contributed by atoms with van der Waals surface area (Å²) in [5.41, 5.74) is 0. The highest BCUT2D eigenvalue weighted by atomic mass is 16.5. The number of morpholine rings is 1. The molecule has 116 valence electrons. The molecule has 0 aromatic rings. The Morgan fingerprint density at radius 1 is 1.30 bits per heavy atom. The van der Waals surface area contributed by atoms with E-state index in [0.717, 1.165) is 39.3 Å². The maximum Gasteiger partial charge on any atom is 0.315 e. The Hall–Kier alpha value is -1.34. The number of hydrogen-bond donors (Lipinski definition) is 3. The summed E-state index contributed by atoms with van der Waals surface area (Å²) in [6, 6.07) is -0.709. The molecule has 1 rings (SSSR count). The minimum Gasteiger partial charge on any atom is -0.481 e. The first-order chi connectivity index (χ1) is 9.50. The highest BCUT2D eigenvalue weighted by Gasteiger charge is 2.20. The molecule has 0 aromatic heterocycles. The van der Waals surface area contributed by atoms with Crippen LogP contribution in [0.3, 0.4) is 0 Å². The molecular weight excluding hydrogens is 262 g/mol. The van der Waals surface area contributed by atoms with Gasteiger partial charge in [-0.25, -0.2) is 4.79 Å². The fourth-order valence-electron chi connectivity index (χ4n) is 1.93. The van der Waals surface area contributed by atoms with Crippen LogP contribution < -0.4 is 10.6 Å². The van der Waals surface area contributed by atoms with E-state index in [4.69, 9.17) is 9.84 Å². The number of nitrogens with zero attached hydrogens (tertiary/aromatic N) is 1. The van der Waals surface area contributed by atoms with Crippen LogP contribution in [0.15, 0.2) is 0 Å². The molecule has 1 saturated heterocycles. The third-order valence-corrected chi connectivity index (χ3v) is 3.54. The quantitative estimate of drug-likeness (QED) is 0.578. The topological polar surface area (TPSA) is 90.9 Å². The number of amides is 2. The van der Waals surface area contributed by atoms with Crippen molar-refractivity contribution in [3.05, 3.63) is 0 Å². The van der Waals surface area contributed by atoms with E-state index in [-0.39, 0.29) is 6.03 Å². The second-order valence-corrected chi connectivity index (χ2v) is 5.12. The number of carbonyl (C=O) groups is 2. The number of urea groups is 1. The van der Waals surface area contributed by atoms with E-state index in [0.29, 0.717) is 6.54 Å². The largest absolute Gasteiger partial charge is 0.481 e. The second-order valence-electron chi connectivity index (χ2n) is 5.12. The van der Waals surface area contributed by atoms with Crippen LogP contribution in [-0.2, 0) is 9.53 Å². The fraction of sp³-hybridized carbons (Fsp3) is 0.846. The summed E-state index contributed by atoms with van der Waals surface area (Å²) in [7, 11) is 0. The molecule has 1 aliphatic rings. The van der Waals surface area contributed by atoms with Crippen molar-refractivity contribution in [2.45, 2.75) is 26.3 Å². The first-order valence-corrected chi connectivity index (χ1v) is 7.08. The Morgan fingerprint density at radius 2 is 1.95 bits per heavy atom. The molecule has 1 aliphatic heterocycles. The minimum absolute atomic E-state index is 0.312. The summed E-state index contributed by atoms with van der Waals surface area (Å²) < 4.78 is 5.26. The zero-order valence-electron chi connectivity index (χ0n) is 12.2. The standard InChI is InChI=1S/C13H25N3O4/c1-10(12(17)18)11(2)15-13(19)14-4-3-5-16-6-8-20-9-7-16/h10-11H,3-9H2,1-2H3,(H,17,18)(H2,14,15,19). The zero-order valence-corrected chi connectivity index (χ0v) is 12.2. The summed E-state index contributed by atoms with van der Waals surface area (Å²) in [6.45, 7) is 8.22. The summed E-state index contributed by atoms with van der Waals surface area (Å²) >= 11 is 0. The van der Waals surface area contributed by atoms with Gasteiger partial charge in [0, 0.05) is 25.7 Å². The molecule has 0 aromatic carbocycles. The molecule has 20 heavy (non-hydrogen) atoms. The van der Waals surface area contributed by atoms with Crippen LogP contribution in [-0.4, -0.2) is 67.4 Å². The molecular formula is C13H25N3O4. The molecule has 1 fully saturated rings. The summed E-state index contributed by atoms with van der Waals surface area (Å²) in [4.78, 5) is 24.7. The number of carboxylic acid groups (broad SMARTS) is 1. The van der Waals surface area contributed by atoms with Crippen molar-refractivity contribution in [2.24, 2.45) is 5.92 Å². The molecule has 1 heterocycles. The molecule has 7 heteroatoms. The molecule has 2 unspecified atom stereocenters. The molecule has 0 saturated carbocycles. The number of rotatable bonds is 7. The lowest BCUT2D eigenvalue weighted by atomic mass is 10.0. The van der Waals surface area contributed by atoms with Crippen LogP contribution in [0.4, 0.5) is 4.79 Å². The van der Waals surface area contributed by atoms with Gasteiger partial charge in [-0.15, -0.1) is 0 Å². The highest BCUT2D eigenvalue weighted by Crippen LogP contribution is 2.02. The van der Waals surface area contributed by atoms with Gasteiger partial charge in [-0.3, -0.25) is 9.69 Å². The summed E-state index contributed by atoms with van der Waals surface area (Å²) in [5, 5.41) is 14.2. The van der Waals surface area contributed by atoms with E-state index in [1.165, 1.54) is 0 Å². The van der Waals surface area contributed by atoms with Crippen molar-refractivity contribution in [3.63, 3.8) is 0 Å². The first kappa shape index (κ1) is 16.7. The van der Waals surface area contributed by atoms with E-state index in [1.54, 1.807) is 13.8 Å². The Morgan fingerprint density at radius 3 is 2.55 bits per heavy atom. The Bertz CT molecular complexity index is 319.